The van der Waals surface area contributed by atoms with Gasteiger partial charge < -0.3 is 0 Å². The predicted molar refractivity (Wildman–Crippen MR) is 74.4 cm³/mol. The lowest BCUT2D eigenvalue weighted by Gasteiger charge is -2.04. The van der Waals surface area contributed by atoms with E-state index < -0.39 is 21.7 Å². The van der Waals surface area contributed by atoms with Gasteiger partial charge in [-0.1, -0.05) is 30.3 Å². The second kappa shape index (κ2) is 5.83. The van der Waals surface area contributed by atoms with Gasteiger partial charge in [-0.05, 0) is 23.8 Å². The SMILES string of the molecule is O=S(=O)(C=Cc1ccccc1)Nc1ccc(F)c(F)c1. The zero-order valence-electron chi connectivity index (χ0n) is 10.3. The van der Waals surface area contributed by atoms with E-state index in [9.17, 15) is 17.2 Å². The van der Waals surface area contributed by atoms with Crippen molar-refractivity contribution in [3.63, 3.8) is 0 Å². The lowest BCUT2D eigenvalue weighted by atomic mass is 10.2. The Kier molecular flexibility index (Phi) is 4.14. The van der Waals surface area contributed by atoms with Crippen molar-refractivity contribution in [1.29, 1.82) is 0 Å². The normalized spacial score (nSPS) is 11.7. The van der Waals surface area contributed by atoms with Crippen molar-refractivity contribution in [3.05, 3.63) is 71.1 Å². The van der Waals surface area contributed by atoms with Crippen molar-refractivity contribution in [2.24, 2.45) is 0 Å². The number of hydrogen-bond acceptors (Lipinski definition) is 2. The molecule has 3 nitrogen and oxygen atoms in total. The molecule has 6 heteroatoms. The molecule has 0 unspecified atom stereocenters. The number of hydrogen-bond donors (Lipinski definition) is 1. The lowest BCUT2D eigenvalue weighted by Crippen LogP contribution is -2.09. The van der Waals surface area contributed by atoms with Crippen LogP contribution in [0.4, 0.5) is 14.5 Å². The minimum atomic E-state index is -3.78. The number of halogens is 2. The van der Waals surface area contributed by atoms with Gasteiger partial charge in [0.1, 0.15) is 0 Å². The highest BCUT2D eigenvalue weighted by Crippen LogP contribution is 2.15. The van der Waals surface area contributed by atoms with E-state index in [0.717, 1.165) is 23.6 Å². The van der Waals surface area contributed by atoms with E-state index in [0.29, 0.717) is 5.56 Å². The molecule has 0 radical (unpaired) electrons. The van der Waals surface area contributed by atoms with Crippen molar-refractivity contribution in [1.82, 2.24) is 0 Å². The molecule has 0 saturated heterocycles. The zero-order valence-corrected chi connectivity index (χ0v) is 11.1. The molecule has 0 saturated carbocycles. The highest BCUT2D eigenvalue weighted by atomic mass is 32.2. The quantitative estimate of drug-likeness (QED) is 0.940. The largest absolute Gasteiger partial charge is 0.280 e. The Hall–Kier alpha value is -2.21. The molecule has 0 aliphatic rings. The monoisotopic (exact) mass is 295 g/mol. The summed E-state index contributed by atoms with van der Waals surface area (Å²) in [5.74, 6) is -2.15. The molecule has 0 fully saturated rings. The Balaban J connectivity index is 2.15. The van der Waals surface area contributed by atoms with Crippen LogP contribution in [0.5, 0.6) is 0 Å². The van der Waals surface area contributed by atoms with E-state index in [-0.39, 0.29) is 5.69 Å². The maximum Gasteiger partial charge on any atom is 0.255 e. The molecular formula is C14H11F2NO2S. The van der Waals surface area contributed by atoms with Crippen LogP contribution >= 0.6 is 0 Å². The van der Waals surface area contributed by atoms with E-state index in [2.05, 4.69) is 4.72 Å². The topological polar surface area (TPSA) is 46.2 Å². The summed E-state index contributed by atoms with van der Waals surface area (Å²) in [6.07, 6.45) is 1.40. The molecule has 1 N–H and O–H groups in total. The fourth-order valence-electron chi connectivity index (χ4n) is 1.49. The van der Waals surface area contributed by atoms with Crippen LogP contribution < -0.4 is 4.72 Å². The number of nitrogens with one attached hydrogen (secondary N) is 1. The molecular weight excluding hydrogens is 284 g/mol. The molecule has 0 amide bonds. The molecule has 0 aliphatic heterocycles. The fourth-order valence-corrected chi connectivity index (χ4v) is 2.35. The van der Waals surface area contributed by atoms with Crippen LogP contribution in [0, 0.1) is 11.6 Å². The molecule has 2 rings (SSSR count). The van der Waals surface area contributed by atoms with E-state index in [1.165, 1.54) is 6.08 Å². The summed E-state index contributed by atoms with van der Waals surface area (Å²) in [5, 5.41) is 0.962. The second-order valence-corrected chi connectivity index (χ2v) is 5.56. The Bertz CT molecular complexity index is 728. The smallest absolute Gasteiger partial charge is 0.255 e. The Morgan fingerprint density at radius 2 is 1.65 bits per heavy atom. The number of anilines is 1. The van der Waals surface area contributed by atoms with Gasteiger partial charge in [0, 0.05) is 6.07 Å². The summed E-state index contributed by atoms with van der Waals surface area (Å²) in [5.41, 5.74) is 0.671. The van der Waals surface area contributed by atoms with E-state index in [4.69, 9.17) is 0 Å². The number of rotatable bonds is 4. The van der Waals surface area contributed by atoms with Crippen molar-refractivity contribution < 1.29 is 17.2 Å². The standard InChI is InChI=1S/C14H11F2NO2S/c15-13-7-6-12(10-14(13)16)17-20(18,19)9-8-11-4-2-1-3-5-11/h1-10,17H. The summed E-state index contributed by atoms with van der Waals surface area (Å²) >= 11 is 0. The third kappa shape index (κ3) is 3.89. The molecule has 0 spiro atoms. The van der Waals surface area contributed by atoms with Gasteiger partial charge in [-0.2, -0.15) is 0 Å². The van der Waals surface area contributed by atoms with Crippen molar-refractivity contribution in [2.45, 2.75) is 0 Å². The molecule has 104 valence electrons. The van der Waals surface area contributed by atoms with Crippen LogP contribution in [-0.4, -0.2) is 8.42 Å². The highest BCUT2D eigenvalue weighted by molar-refractivity contribution is 7.95. The lowest BCUT2D eigenvalue weighted by molar-refractivity contribution is 0.509. The van der Waals surface area contributed by atoms with Gasteiger partial charge in [-0.15, -0.1) is 0 Å². The minimum Gasteiger partial charge on any atom is -0.280 e. The predicted octanol–water partition coefficient (Wildman–Crippen LogP) is 3.38. The fraction of sp³-hybridized carbons (Fsp3) is 0. The number of sulfonamides is 1. The van der Waals surface area contributed by atoms with Gasteiger partial charge in [0.05, 0.1) is 11.1 Å². The third-order valence-corrected chi connectivity index (χ3v) is 3.43. The molecule has 0 heterocycles. The molecule has 0 atom stereocenters. The summed E-state index contributed by atoms with van der Waals surface area (Å²) in [7, 11) is -3.78. The van der Waals surface area contributed by atoms with E-state index in [1.807, 2.05) is 6.07 Å². The van der Waals surface area contributed by atoms with Crippen molar-refractivity contribution in [2.75, 3.05) is 4.72 Å². The second-order valence-electron chi connectivity index (χ2n) is 3.99. The van der Waals surface area contributed by atoms with Crippen LogP contribution in [-0.2, 0) is 10.0 Å². The first-order valence-corrected chi connectivity index (χ1v) is 7.22. The van der Waals surface area contributed by atoms with Gasteiger partial charge in [-0.25, -0.2) is 17.2 Å². The Morgan fingerprint density at radius 3 is 2.30 bits per heavy atom. The summed E-state index contributed by atoms with van der Waals surface area (Å²) in [6.45, 7) is 0. The third-order valence-electron chi connectivity index (χ3n) is 2.42. The average Bonchev–Trinajstić information content (AvgIpc) is 2.42. The summed E-state index contributed by atoms with van der Waals surface area (Å²) in [6, 6.07) is 11.6. The van der Waals surface area contributed by atoms with Crippen LogP contribution in [0.3, 0.4) is 0 Å². The van der Waals surface area contributed by atoms with Crippen LogP contribution in [0.2, 0.25) is 0 Å². The molecule has 0 aliphatic carbocycles. The minimum absolute atomic E-state index is 0.0402. The van der Waals surface area contributed by atoms with Crippen molar-refractivity contribution >= 4 is 21.8 Å². The number of benzene rings is 2. The zero-order chi connectivity index (χ0) is 14.6. The summed E-state index contributed by atoms with van der Waals surface area (Å²) < 4.78 is 51.4. The van der Waals surface area contributed by atoms with Gasteiger partial charge in [0.2, 0.25) is 0 Å². The average molecular weight is 295 g/mol. The highest BCUT2D eigenvalue weighted by Gasteiger charge is 2.08. The van der Waals surface area contributed by atoms with Gasteiger partial charge in [0.15, 0.2) is 11.6 Å². The van der Waals surface area contributed by atoms with E-state index in [1.54, 1.807) is 24.3 Å². The Morgan fingerprint density at radius 1 is 0.950 bits per heavy atom. The van der Waals surface area contributed by atoms with Crippen LogP contribution in [0.25, 0.3) is 6.08 Å². The summed E-state index contributed by atoms with van der Waals surface area (Å²) in [4.78, 5) is 0. The maximum absolute atomic E-state index is 13.0. The maximum atomic E-state index is 13.0. The van der Waals surface area contributed by atoms with Gasteiger partial charge in [0.25, 0.3) is 10.0 Å². The molecule has 0 aromatic heterocycles. The van der Waals surface area contributed by atoms with Gasteiger partial charge >= 0.3 is 0 Å². The van der Waals surface area contributed by atoms with Crippen molar-refractivity contribution in [3.8, 4) is 0 Å². The molecule has 20 heavy (non-hydrogen) atoms. The first-order valence-electron chi connectivity index (χ1n) is 5.67. The Labute approximate surface area is 115 Å². The van der Waals surface area contributed by atoms with E-state index >= 15 is 0 Å². The molecule has 2 aromatic rings. The molecule has 0 bridgehead atoms. The first-order chi connectivity index (χ1) is 9.46. The van der Waals surface area contributed by atoms with Crippen LogP contribution in [0.1, 0.15) is 5.56 Å². The van der Waals surface area contributed by atoms with Crippen LogP contribution in [0.15, 0.2) is 53.9 Å². The first kappa shape index (κ1) is 14.2. The van der Waals surface area contributed by atoms with Gasteiger partial charge in [-0.3, -0.25) is 4.72 Å². The molecule has 2 aromatic carbocycles.